The van der Waals surface area contributed by atoms with Gasteiger partial charge in [-0.1, -0.05) is 161 Å². The molecule has 8 bridgehead atoms. The molecule has 0 unspecified atom stereocenters. The van der Waals surface area contributed by atoms with Gasteiger partial charge < -0.3 is 65.4 Å². The third-order valence-electron chi connectivity index (χ3n) is 22.0. The van der Waals surface area contributed by atoms with Crippen molar-refractivity contribution in [3.8, 4) is 17.6 Å². The maximum atomic E-state index is 15.9. The number of hydrogen-bond donors (Lipinski definition) is 6. The van der Waals surface area contributed by atoms with Gasteiger partial charge in [0.2, 0.25) is 47.3 Å². The maximum Gasteiger partial charge on any atom is 0.410 e. The molecule has 8 heterocycles. The molecule has 6 N–H and O–H groups in total. The molecule has 33 heteroatoms. The number of hydrogen-bond acceptors (Lipinski definition) is 21. The van der Waals surface area contributed by atoms with Gasteiger partial charge in [0.25, 0.3) is 0 Å². The lowest BCUT2D eigenvalue weighted by Crippen LogP contribution is -2.61. The van der Waals surface area contributed by atoms with Crippen LogP contribution in [0.25, 0.3) is 21.5 Å². The van der Waals surface area contributed by atoms with E-state index in [9.17, 15) is 29.2 Å². The number of nitrogens with one attached hydrogen (secondary N) is 6. The van der Waals surface area contributed by atoms with Crippen molar-refractivity contribution in [1.29, 1.82) is 5.26 Å². The van der Waals surface area contributed by atoms with Crippen LogP contribution in [0, 0.1) is 22.2 Å². The van der Waals surface area contributed by atoms with Crippen LogP contribution in [0.1, 0.15) is 162 Å². The van der Waals surface area contributed by atoms with E-state index in [2.05, 4.69) is 58.6 Å². The summed E-state index contributed by atoms with van der Waals surface area (Å²) in [6, 6.07) is 26.3. The predicted octanol–water partition coefficient (Wildman–Crippen LogP) is 8.24. The van der Waals surface area contributed by atoms with Crippen molar-refractivity contribution in [2.24, 2.45) is 10.8 Å². The Kier molecular flexibility index (Phi) is 28.0. The number of carbonyl (C=O) groups is 11. The average Bonchev–Trinajstić information content (AvgIpc) is 1.63. The second-order valence-corrected chi connectivity index (χ2v) is 35.7. The van der Waals surface area contributed by atoms with Gasteiger partial charge in [0, 0.05) is 46.4 Å². The molecule has 123 heavy (non-hydrogen) atoms. The van der Waals surface area contributed by atoms with Crippen molar-refractivity contribution in [2.45, 2.75) is 226 Å². The lowest BCUT2D eigenvalue weighted by molar-refractivity contribution is -0.146. The molecule has 0 spiro atoms. The second kappa shape index (κ2) is 38.0. The van der Waals surface area contributed by atoms with Crippen molar-refractivity contribution in [3.05, 3.63) is 179 Å². The number of likely N-dealkylation sites (tertiary alicyclic amines) is 2. The summed E-state index contributed by atoms with van der Waals surface area (Å²) in [5, 5.41) is 49.7. The Bertz CT molecular complexity index is 5270. The number of methoxy groups -OCH3 is 1. The fourth-order valence-corrected chi connectivity index (χ4v) is 15.0. The van der Waals surface area contributed by atoms with Crippen LogP contribution in [0.2, 0.25) is 0 Å². The molecule has 6 aromatic carbocycles. The van der Waals surface area contributed by atoms with E-state index in [0.29, 0.717) is 28.1 Å². The molecule has 14 rings (SSSR count). The van der Waals surface area contributed by atoms with Gasteiger partial charge in [0.15, 0.2) is 6.04 Å². The average molecular weight is 1690 g/mol. The van der Waals surface area contributed by atoms with Crippen LogP contribution >= 0.6 is 0 Å². The number of esters is 1. The third kappa shape index (κ3) is 22.6. The van der Waals surface area contributed by atoms with E-state index < -0.39 is 160 Å². The third-order valence-corrected chi connectivity index (χ3v) is 22.0. The topological polar surface area (TPSA) is 404 Å². The quantitative estimate of drug-likeness (QED) is 0.0467. The summed E-state index contributed by atoms with van der Waals surface area (Å²) in [6.07, 6.45) is 1.55. The summed E-state index contributed by atoms with van der Waals surface area (Å²) < 4.78 is 31.9. The fourth-order valence-electron chi connectivity index (χ4n) is 15.0. The molecular formula is C90H111N17O16. The van der Waals surface area contributed by atoms with Gasteiger partial charge in [-0.15, -0.1) is 10.2 Å². The Labute approximate surface area is 714 Å². The zero-order chi connectivity index (χ0) is 89.3. The van der Waals surface area contributed by atoms with Crippen LogP contribution in [0.4, 0.5) is 9.59 Å². The van der Waals surface area contributed by atoms with Crippen molar-refractivity contribution in [1.82, 2.24) is 81.5 Å². The van der Waals surface area contributed by atoms with E-state index >= 15 is 28.8 Å². The Morgan fingerprint density at radius 1 is 0.537 bits per heavy atom. The first-order valence-corrected chi connectivity index (χ1v) is 41.1. The second-order valence-electron chi connectivity index (χ2n) is 35.7. The van der Waals surface area contributed by atoms with E-state index in [1.165, 1.54) is 59.2 Å². The van der Waals surface area contributed by atoms with Gasteiger partial charge in [-0.25, -0.2) is 23.7 Å². The highest BCUT2D eigenvalue weighted by Crippen LogP contribution is 2.36. The van der Waals surface area contributed by atoms with E-state index in [1.807, 2.05) is 84.9 Å². The minimum Gasteiger partial charge on any atom is -0.487 e. The number of carbonyl (C=O) groups excluding carboxylic acids is 11. The maximum absolute atomic E-state index is 15.9. The lowest BCUT2D eigenvalue weighted by Gasteiger charge is -2.37. The van der Waals surface area contributed by atoms with Gasteiger partial charge in [-0.05, 0) is 147 Å². The summed E-state index contributed by atoms with van der Waals surface area (Å²) in [5.41, 5.74) is -1.17. The summed E-state index contributed by atoms with van der Waals surface area (Å²) in [5.74, 6) is -6.11. The van der Waals surface area contributed by atoms with E-state index in [4.69, 9.17) is 23.7 Å². The van der Waals surface area contributed by atoms with Gasteiger partial charge in [-0.3, -0.25) is 48.2 Å². The van der Waals surface area contributed by atoms with Crippen LogP contribution in [0.5, 0.6) is 11.5 Å². The predicted molar refractivity (Wildman–Crippen MR) is 453 cm³/mol. The van der Waals surface area contributed by atoms with Gasteiger partial charge in [-0.2, -0.15) is 5.26 Å². The molecule has 0 saturated carbocycles. The highest BCUT2D eigenvalue weighted by Gasteiger charge is 2.51. The highest BCUT2D eigenvalue weighted by atomic mass is 16.6. The zero-order valence-electron chi connectivity index (χ0n) is 72.6. The number of ether oxygens (including phenoxy) is 5. The molecule has 0 radical (unpaired) electrons. The van der Waals surface area contributed by atoms with Gasteiger partial charge in [0.1, 0.15) is 102 Å². The molecule has 10 amide bonds. The molecule has 2 aromatic heterocycles. The van der Waals surface area contributed by atoms with Gasteiger partial charge in [0.05, 0.1) is 37.7 Å². The van der Waals surface area contributed by atoms with Crippen molar-refractivity contribution < 1.29 is 76.4 Å². The first-order chi connectivity index (χ1) is 58.0. The van der Waals surface area contributed by atoms with Crippen LogP contribution in [-0.2, 0) is 89.8 Å². The van der Waals surface area contributed by atoms with Crippen LogP contribution in [0.3, 0.4) is 0 Å². The lowest BCUT2D eigenvalue weighted by atomic mass is 9.85. The normalized spacial score (nSPS) is 20.6. The molecule has 2 saturated heterocycles. The number of benzene rings is 6. The number of nitriles is 1. The van der Waals surface area contributed by atoms with Crippen molar-refractivity contribution in [3.63, 3.8) is 0 Å². The number of amides is 10. The minimum absolute atomic E-state index is 0.0117. The molecule has 33 nitrogen and oxygen atoms in total. The smallest absolute Gasteiger partial charge is 0.410 e. The molecule has 12 atom stereocenters. The standard InChI is InChI=1S/C90H111N17O16/c1-52(102(15)85(117)122-89(9,10)11)76(108)96-74(87(3,4)5)82(114)104-40-38-69-72(104)80(112)93-67(45-55-26-30-57-22-18-20-24-60(57)42-55)78(110)92-62(47-91)44-54-28-34-65(35-29-54)120-50-63-48-106(100-98-63)70-39-41-105(83(115)75(88(6,7)8)97-77(109)53(2)103(16)86(118)123-90(12,13)14)73(70)81(113)94-68(46-56-27-31-58-23-19-21-25-61(58)43-56)79(111)95-71(84(116)119-17)59-32-36-66(37-33-59)121-51-64-49-107(69)101-99-64/h18-37,42-43,48-49,52-53,62,67-75H,38-41,44-46,50-51H2,1-17H3,(H,92,110)(H,93,112)(H,94,113)(H,95,111)(H,96,108)(H,97,109)/t52-,53-,62-,67-,68-,69+,70+,71-,72-,73-,74+,75+/m0/s1. The Morgan fingerprint density at radius 3 is 1.33 bits per heavy atom. The first-order valence-electron chi connectivity index (χ1n) is 41.1. The summed E-state index contributed by atoms with van der Waals surface area (Å²) in [4.78, 5) is 168. The molecule has 6 aliphatic rings. The molecule has 652 valence electrons. The summed E-state index contributed by atoms with van der Waals surface area (Å²) in [6.45, 7) is 23.1. The van der Waals surface area contributed by atoms with Crippen LogP contribution < -0.4 is 41.4 Å². The van der Waals surface area contributed by atoms with E-state index in [-0.39, 0.29) is 75.4 Å². The molecule has 0 aliphatic carbocycles. The largest absolute Gasteiger partial charge is 0.487 e. The molecular weight excluding hydrogens is 1580 g/mol. The zero-order valence-corrected chi connectivity index (χ0v) is 72.6. The number of nitrogens with zero attached hydrogens (tertiary/aromatic N) is 11. The minimum atomic E-state index is -1.50. The van der Waals surface area contributed by atoms with Crippen molar-refractivity contribution in [2.75, 3.05) is 34.3 Å². The fraction of sp³-hybridized carbons (Fsp3) is 0.467. The van der Waals surface area contributed by atoms with E-state index in [0.717, 1.165) is 38.5 Å². The first kappa shape index (κ1) is 90.7. The molecule has 8 aromatic rings. The molecule has 6 aliphatic heterocycles. The molecule has 2 fully saturated rings. The summed E-state index contributed by atoms with van der Waals surface area (Å²) in [7, 11) is 3.97. The van der Waals surface area contributed by atoms with Crippen LogP contribution in [0.15, 0.2) is 146 Å². The SMILES string of the molecule is COC(=O)[C@H]1NC(=O)[C@H](Cc2ccc3ccccc3c2)NC(=O)[C@@H]2[C@@H](CCN2C(=O)[C@@H](NC(=O)[C@H](C)N(C)C(=O)OC(C)(C)C)C(C)(C)C)n2cc(nn2)COc2ccc(cc2)C[C@@H](C#N)NC(=O)[C@H](Cc2ccc3ccccc3c2)NC(=O)[C@@H]2[C@@H](CCN2C(=O)[C@@H](NC(=O)[C@H](C)N(C)C(=O)OC(C)(C)C)C(C)(C)C)n2cc(nn2)COc2ccc1cc2. The van der Waals surface area contributed by atoms with Crippen molar-refractivity contribution >= 4 is 87.0 Å². The van der Waals surface area contributed by atoms with Gasteiger partial charge >= 0.3 is 18.2 Å². The number of rotatable bonds is 13. The van der Waals surface area contributed by atoms with E-state index in [1.54, 1.807) is 132 Å². The van der Waals surface area contributed by atoms with Crippen LogP contribution in [-0.4, -0.2) is 215 Å². The Morgan fingerprint density at radius 2 is 0.935 bits per heavy atom. The summed E-state index contributed by atoms with van der Waals surface area (Å²) >= 11 is 0. The number of fused-ring (bicyclic) bond motifs is 2. The monoisotopic (exact) mass is 1690 g/mol. The number of likely N-dealkylation sites (N-methyl/N-ethyl adjacent to an activating group) is 2. The number of aromatic nitrogens is 6. The highest BCUT2D eigenvalue weighted by molar-refractivity contribution is 5.99. The Balaban J connectivity index is 0.950. The Hall–Kier alpha value is -13.0.